The van der Waals surface area contributed by atoms with Crippen molar-refractivity contribution < 1.29 is 14.5 Å². The van der Waals surface area contributed by atoms with Crippen LogP contribution < -0.4 is 16.0 Å². The molecule has 0 unspecified atom stereocenters. The zero-order chi connectivity index (χ0) is 24.1. The van der Waals surface area contributed by atoms with Gasteiger partial charge in [0, 0.05) is 19.1 Å². The lowest BCUT2D eigenvalue weighted by Crippen LogP contribution is -2.32. The van der Waals surface area contributed by atoms with E-state index in [9.17, 15) is 14.9 Å². The number of nitrogens with one attached hydrogen (secondary N) is 1. The predicted octanol–water partition coefficient (Wildman–Crippen LogP) is 2.71. The number of anilines is 3. The Labute approximate surface area is 198 Å². The average Bonchev–Trinajstić information content (AvgIpc) is 3.45. The van der Waals surface area contributed by atoms with Crippen molar-refractivity contribution >= 4 is 29.2 Å². The molecule has 11 nitrogen and oxygen atoms in total. The summed E-state index contributed by atoms with van der Waals surface area (Å²) in [7, 11) is 0. The lowest BCUT2D eigenvalue weighted by Gasteiger charge is -2.24. The van der Waals surface area contributed by atoms with Crippen LogP contribution in [-0.2, 0) is 22.6 Å². The van der Waals surface area contributed by atoms with Crippen LogP contribution >= 0.6 is 0 Å². The van der Waals surface area contributed by atoms with Crippen LogP contribution in [0.25, 0.3) is 0 Å². The number of nitrogens with zero attached hydrogens (tertiary/aromatic N) is 5. The van der Waals surface area contributed by atoms with Crippen molar-refractivity contribution in [2.75, 3.05) is 42.2 Å². The molecule has 11 heteroatoms. The smallest absolute Gasteiger partial charge is 0.353 e. The molecule has 1 aromatic heterocycles. The lowest BCUT2D eigenvalue weighted by atomic mass is 10.1. The molecule has 0 radical (unpaired) electrons. The van der Waals surface area contributed by atoms with Crippen molar-refractivity contribution in [3.63, 3.8) is 0 Å². The summed E-state index contributed by atoms with van der Waals surface area (Å²) in [6.45, 7) is 4.97. The standard InChI is InChI=1S/C23H31N7O4/c1-2-34-19(31)15-29(14-17-7-5-6-16(12-17)13-28-10-3-4-11-28)22-20(30(32)33)21(24)26-23(27-22)25-18-8-9-18/h5-7,12,18H,2-4,8-11,13-15H2,1H3,(H3,24,25,26,27). The van der Waals surface area contributed by atoms with E-state index in [2.05, 4.69) is 32.3 Å². The van der Waals surface area contributed by atoms with Crippen LogP contribution in [0.3, 0.4) is 0 Å². The third-order valence-corrected chi connectivity index (χ3v) is 5.88. The number of esters is 1. The van der Waals surface area contributed by atoms with Gasteiger partial charge in [0.15, 0.2) is 0 Å². The van der Waals surface area contributed by atoms with Gasteiger partial charge < -0.3 is 20.7 Å². The number of rotatable bonds is 11. The second kappa shape index (κ2) is 10.6. The fourth-order valence-corrected chi connectivity index (χ4v) is 4.14. The van der Waals surface area contributed by atoms with Gasteiger partial charge in [-0.2, -0.15) is 9.97 Å². The summed E-state index contributed by atoms with van der Waals surface area (Å²) in [5.41, 5.74) is 7.62. The number of nitro groups is 1. The molecule has 0 amide bonds. The first-order chi connectivity index (χ1) is 16.4. The first kappa shape index (κ1) is 23.7. The number of hydrogen-bond acceptors (Lipinski definition) is 10. The van der Waals surface area contributed by atoms with E-state index in [1.165, 1.54) is 12.8 Å². The molecule has 1 aromatic carbocycles. The Morgan fingerprint density at radius 2 is 2.03 bits per heavy atom. The number of nitrogens with two attached hydrogens (primary N) is 1. The minimum Gasteiger partial charge on any atom is -0.465 e. The van der Waals surface area contributed by atoms with Gasteiger partial charge >= 0.3 is 11.7 Å². The van der Waals surface area contributed by atoms with Gasteiger partial charge in [-0.05, 0) is 56.8 Å². The summed E-state index contributed by atoms with van der Waals surface area (Å²) < 4.78 is 5.13. The fraction of sp³-hybridized carbons (Fsp3) is 0.522. The number of carbonyl (C=O) groups excluding carboxylic acids is 1. The van der Waals surface area contributed by atoms with Crippen molar-refractivity contribution in [2.24, 2.45) is 0 Å². The normalized spacial score (nSPS) is 15.8. The lowest BCUT2D eigenvalue weighted by molar-refractivity contribution is -0.383. The maximum Gasteiger partial charge on any atom is 0.353 e. The summed E-state index contributed by atoms with van der Waals surface area (Å²) in [6, 6.07) is 8.27. The highest BCUT2D eigenvalue weighted by Gasteiger charge is 2.31. The predicted molar refractivity (Wildman–Crippen MR) is 128 cm³/mol. The van der Waals surface area contributed by atoms with Gasteiger partial charge in [-0.25, -0.2) is 0 Å². The monoisotopic (exact) mass is 469 g/mol. The molecule has 1 aliphatic carbocycles. The summed E-state index contributed by atoms with van der Waals surface area (Å²) in [4.78, 5) is 36.1. The second-order valence-corrected chi connectivity index (χ2v) is 8.74. The third-order valence-electron chi connectivity index (χ3n) is 5.88. The van der Waals surface area contributed by atoms with Gasteiger partial charge in [-0.1, -0.05) is 24.3 Å². The number of aromatic nitrogens is 2. The van der Waals surface area contributed by atoms with Gasteiger partial charge in [-0.15, -0.1) is 0 Å². The zero-order valence-electron chi connectivity index (χ0n) is 19.4. The van der Waals surface area contributed by atoms with Crippen LogP contribution in [0.5, 0.6) is 0 Å². The van der Waals surface area contributed by atoms with E-state index < -0.39 is 16.6 Å². The minimum atomic E-state index is -0.604. The first-order valence-electron chi connectivity index (χ1n) is 11.7. The fourth-order valence-electron chi connectivity index (χ4n) is 4.14. The molecular formula is C23H31N7O4. The highest BCUT2D eigenvalue weighted by molar-refractivity contribution is 5.79. The summed E-state index contributed by atoms with van der Waals surface area (Å²) in [5, 5.41) is 15.0. The quantitative estimate of drug-likeness (QED) is 0.287. The Morgan fingerprint density at radius 3 is 2.71 bits per heavy atom. The Hall–Kier alpha value is -3.47. The van der Waals surface area contributed by atoms with Crippen molar-refractivity contribution in [3.8, 4) is 0 Å². The SMILES string of the molecule is CCOC(=O)CN(Cc1cccc(CN2CCCC2)c1)c1nc(NC2CC2)nc(N)c1[N+](=O)[O-]. The molecular weight excluding hydrogens is 438 g/mol. The molecule has 0 atom stereocenters. The highest BCUT2D eigenvalue weighted by Crippen LogP contribution is 2.34. The van der Waals surface area contributed by atoms with E-state index >= 15 is 0 Å². The van der Waals surface area contributed by atoms with Crippen molar-refractivity contribution in [1.29, 1.82) is 0 Å². The molecule has 0 spiro atoms. The van der Waals surface area contributed by atoms with Gasteiger partial charge in [0.2, 0.25) is 17.6 Å². The number of nitrogen functional groups attached to an aromatic ring is 1. The molecule has 2 heterocycles. The third kappa shape index (κ3) is 6.10. The maximum atomic E-state index is 12.4. The van der Waals surface area contributed by atoms with Crippen LogP contribution in [-0.4, -0.2) is 58.0 Å². The van der Waals surface area contributed by atoms with Gasteiger partial charge in [-0.3, -0.25) is 19.8 Å². The van der Waals surface area contributed by atoms with Crippen LogP contribution in [0.1, 0.15) is 43.7 Å². The minimum absolute atomic E-state index is 0.00125. The maximum absolute atomic E-state index is 12.4. The number of benzene rings is 1. The highest BCUT2D eigenvalue weighted by atomic mass is 16.6. The number of carbonyl (C=O) groups is 1. The molecule has 2 fully saturated rings. The average molecular weight is 470 g/mol. The Bertz CT molecular complexity index is 1040. The van der Waals surface area contributed by atoms with E-state index in [1.807, 2.05) is 12.1 Å². The topological polar surface area (TPSA) is 140 Å². The van der Waals surface area contributed by atoms with E-state index in [1.54, 1.807) is 11.8 Å². The molecule has 2 aromatic rings. The van der Waals surface area contributed by atoms with Crippen LogP contribution in [0.2, 0.25) is 0 Å². The van der Waals surface area contributed by atoms with Gasteiger partial charge in [0.05, 0.1) is 11.5 Å². The van der Waals surface area contributed by atoms with Gasteiger partial charge in [0.25, 0.3) is 0 Å². The van der Waals surface area contributed by atoms with Crippen LogP contribution in [0.4, 0.5) is 23.3 Å². The zero-order valence-corrected chi connectivity index (χ0v) is 19.4. The molecule has 182 valence electrons. The summed E-state index contributed by atoms with van der Waals surface area (Å²) in [5.74, 6) is -0.524. The van der Waals surface area contributed by atoms with E-state index in [-0.39, 0.29) is 43.3 Å². The van der Waals surface area contributed by atoms with E-state index in [0.717, 1.165) is 43.6 Å². The molecule has 1 saturated heterocycles. The summed E-state index contributed by atoms with van der Waals surface area (Å²) >= 11 is 0. The Morgan fingerprint density at radius 1 is 1.29 bits per heavy atom. The van der Waals surface area contributed by atoms with E-state index in [0.29, 0.717) is 0 Å². The van der Waals surface area contributed by atoms with Crippen molar-refractivity contribution in [1.82, 2.24) is 14.9 Å². The number of likely N-dealkylation sites (tertiary alicyclic amines) is 1. The molecule has 1 saturated carbocycles. The Balaban J connectivity index is 1.65. The van der Waals surface area contributed by atoms with Crippen LogP contribution in [0, 0.1) is 10.1 Å². The Kier molecular flexibility index (Phi) is 7.41. The number of hydrogen-bond donors (Lipinski definition) is 2. The molecule has 2 aliphatic rings. The van der Waals surface area contributed by atoms with E-state index in [4.69, 9.17) is 10.5 Å². The largest absolute Gasteiger partial charge is 0.465 e. The molecule has 1 aliphatic heterocycles. The molecule has 34 heavy (non-hydrogen) atoms. The van der Waals surface area contributed by atoms with Crippen LogP contribution in [0.15, 0.2) is 24.3 Å². The second-order valence-electron chi connectivity index (χ2n) is 8.74. The first-order valence-corrected chi connectivity index (χ1v) is 11.7. The van der Waals surface area contributed by atoms with Crippen molar-refractivity contribution in [3.05, 3.63) is 45.5 Å². The summed E-state index contributed by atoms with van der Waals surface area (Å²) in [6.07, 6.45) is 4.38. The molecule has 3 N–H and O–H groups in total. The number of ether oxygens (including phenoxy) is 1. The van der Waals surface area contributed by atoms with Crippen molar-refractivity contribution in [2.45, 2.75) is 51.7 Å². The molecule has 0 bridgehead atoms. The van der Waals surface area contributed by atoms with Gasteiger partial charge in [0.1, 0.15) is 6.54 Å². The molecule has 4 rings (SSSR count).